The van der Waals surface area contributed by atoms with Crippen molar-refractivity contribution < 1.29 is 9.84 Å². The number of rotatable bonds is 4. The van der Waals surface area contributed by atoms with Crippen LogP contribution in [0, 0.1) is 0 Å². The topological polar surface area (TPSA) is 29.5 Å². The molecule has 1 aliphatic carbocycles. The Hall–Kier alpha value is -0.730. The van der Waals surface area contributed by atoms with Crippen LogP contribution in [0.25, 0.3) is 0 Å². The zero-order valence-corrected chi connectivity index (χ0v) is 11.3. The van der Waals surface area contributed by atoms with Gasteiger partial charge in [-0.3, -0.25) is 0 Å². The van der Waals surface area contributed by atoms with Crippen LogP contribution in [-0.2, 0) is 6.42 Å². The Balaban J connectivity index is 2.43. The molecule has 0 heterocycles. The molecular formula is C14H19ClO2. The second-order valence-corrected chi connectivity index (χ2v) is 5.67. The highest BCUT2D eigenvalue weighted by Crippen LogP contribution is 2.42. The standard InChI is InChI=1S/C14H19ClO2/c1-9(2)13-10(8-14(16)4-5-14)6-11(15)7-12(13)17-3/h6-7,9,16H,4-5,8H2,1-3H3. The lowest BCUT2D eigenvalue weighted by atomic mass is 9.92. The van der Waals surface area contributed by atoms with Gasteiger partial charge in [0.2, 0.25) is 0 Å². The monoisotopic (exact) mass is 254 g/mol. The van der Waals surface area contributed by atoms with E-state index < -0.39 is 5.60 Å². The Morgan fingerprint density at radius 2 is 2.06 bits per heavy atom. The highest BCUT2D eigenvalue weighted by molar-refractivity contribution is 6.30. The fraction of sp³-hybridized carbons (Fsp3) is 0.571. The Morgan fingerprint density at radius 3 is 2.53 bits per heavy atom. The van der Waals surface area contributed by atoms with Gasteiger partial charge in [-0.1, -0.05) is 25.4 Å². The van der Waals surface area contributed by atoms with E-state index in [9.17, 15) is 5.11 Å². The van der Waals surface area contributed by atoms with Gasteiger partial charge in [0.15, 0.2) is 0 Å². The first-order chi connectivity index (χ1) is 7.95. The summed E-state index contributed by atoms with van der Waals surface area (Å²) in [5, 5.41) is 10.7. The summed E-state index contributed by atoms with van der Waals surface area (Å²) < 4.78 is 5.40. The van der Waals surface area contributed by atoms with Crippen molar-refractivity contribution in [2.75, 3.05) is 7.11 Å². The minimum atomic E-state index is -0.501. The van der Waals surface area contributed by atoms with E-state index in [-0.39, 0.29) is 0 Å². The lowest BCUT2D eigenvalue weighted by molar-refractivity contribution is 0.150. The van der Waals surface area contributed by atoms with Crippen LogP contribution in [-0.4, -0.2) is 17.8 Å². The van der Waals surface area contributed by atoms with Crippen molar-refractivity contribution in [3.05, 3.63) is 28.3 Å². The SMILES string of the molecule is COc1cc(Cl)cc(CC2(O)CC2)c1C(C)C. The normalized spacial score (nSPS) is 17.3. The summed E-state index contributed by atoms with van der Waals surface area (Å²) in [6.45, 7) is 4.26. The summed E-state index contributed by atoms with van der Waals surface area (Å²) >= 11 is 6.09. The highest BCUT2D eigenvalue weighted by atomic mass is 35.5. The van der Waals surface area contributed by atoms with Crippen LogP contribution in [0.3, 0.4) is 0 Å². The average Bonchev–Trinajstić information content (AvgIpc) is 2.94. The van der Waals surface area contributed by atoms with Gasteiger partial charge in [-0.25, -0.2) is 0 Å². The van der Waals surface area contributed by atoms with Crippen LogP contribution >= 0.6 is 11.6 Å². The summed E-state index contributed by atoms with van der Waals surface area (Å²) in [6, 6.07) is 3.80. The van der Waals surface area contributed by atoms with Gasteiger partial charge in [0.25, 0.3) is 0 Å². The fourth-order valence-corrected chi connectivity index (χ4v) is 2.52. The number of hydrogen-bond donors (Lipinski definition) is 1. The van der Waals surface area contributed by atoms with Crippen LogP contribution in [0.1, 0.15) is 43.7 Å². The quantitative estimate of drug-likeness (QED) is 0.891. The highest BCUT2D eigenvalue weighted by Gasteiger charge is 2.41. The van der Waals surface area contributed by atoms with Crippen molar-refractivity contribution in [3.63, 3.8) is 0 Å². The Kier molecular flexibility index (Phi) is 3.37. The van der Waals surface area contributed by atoms with Gasteiger partial charge in [-0.2, -0.15) is 0 Å². The molecule has 1 aromatic rings. The van der Waals surface area contributed by atoms with Gasteiger partial charge in [-0.05, 0) is 36.5 Å². The van der Waals surface area contributed by atoms with E-state index in [0.29, 0.717) is 17.4 Å². The molecule has 0 unspecified atom stereocenters. The Labute approximate surface area is 108 Å². The molecule has 2 nitrogen and oxygen atoms in total. The smallest absolute Gasteiger partial charge is 0.124 e. The van der Waals surface area contributed by atoms with E-state index in [1.807, 2.05) is 12.1 Å². The molecule has 3 heteroatoms. The molecule has 1 saturated carbocycles. The molecule has 0 radical (unpaired) electrons. The molecule has 0 aromatic heterocycles. The van der Waals surface area contributed by atoms with Gasteiger partial charge < -0.3 is 9.84 Å². The molecule has 1 fully saturated rings. The molecule has 1 aliphatic rings. The molecule has 0 atom stereocenters. The molecule has 2 rings (SSSR count). The van der Waals surface area contributed by atoms with Crippen LogP contribution in [0.5, 0.6) is 5.75 Å². The summed E-state index contributed by atoms with van der Waals surface area (Å²) in [7, 11) is 1.66. The van der Waals surface area contributed by atoms with E-state index in [0.717, 1.165) is 29.7 Å². The number of ether oxygens (including phenoxy) is 1. The van der Waals surface area contributed by atoms with Crippen molar-refractivity contribution in [2.24, 2.45) is 0 Å². The Morgan fingerprint density at radius 1 is 1.41 bits per heavy atom. The zero-order valence-electron chi connectivity index (χ0n) is 10.6. The predicted molar refractivity (Wildman–Crippen MR) is 70.0 cm³/mol. The van der Waals surface area contributed by atoms with Crippen LogP contribution < -0.4 is 4.74 Å². The molecule has 0 aliphatic heterocycles. The third kappa shape index (κ3) is 2.75. The third-order valence-electron chi connectivity index (χ3n) is 3.34. The maximum Gasteiger partial charge on any atom is 0.124 e. The van der Waals surface area contributed by atoms with Crippen molar-refractivity contribution >= 4 is 11.6 Å². The first-order valence-corrected chi connectivity index (χ1v) is 6.42. The van der Waals surface area contributed by atoms with Gasteiger partial charge in [-0.15, -0.1) is 0 Å². The maximum absolute atomic E-state index is 10.1. The number of benzene rings is 1. The summed E-state index contributed by atoms with van der Waals surface area (Å²) in [5.41, 5.74) is 1.78. The van der Waals surface area contributed by atoms with Gasteiger partial charge in [0.1, 0.15) is 5.75 Å². The predicted octanol–water partition coefficient (Wildman–Crippen LogP) is 3.54. The van der Waals surface area contributed by atoms with Gasteiger partial charge in [0, 0.05) is 17.0 Å². The molecule has 94 valence electrons. The molecule has 1 aromatic carbocycles. The lowest BCUT2D eigenvalue weighted by Crippen LogP contribution is -2.13. The van der Waals surface area contributed by atoms with E-state index in [1.165, 1.54) is 0 Å². The van der Waals surface area contributed by atoms with E-state index in [2.05, 4.69) is 13.8 Å². The number of aliphatic hydroxyl groups is 1. The Bertz CT molecular complexity index is 422. The first kappa shape index (κ1) is 12.7. The van der Waals surface area contributed by atoms with Crippen LogP contribution in [0.2, 0.25) is 5.02 Å². The maximum atomic E-state index is 10.1. The molecule has 0 amide bonds. The number of methoxy groups -OCH3 is 1. The largest absolute Gasteiger partial charge is 0.496 e. The van der Waals surface area contributed by atoms with E-state index in [1.54, 1.807) is 7.11 Å². The van der Waals surface area contributed by atoms with E-state index >= 15 is 0 Å². The van der Waals surface area contributed by atoms with Crippen LogP contribution in [0.15, 0.2) is 12.1 Å². The number of hydrogen-bond acceptors (Lipinski definition) is 2. The van der Waals surface area contributed by atoms with Gasteiger partial charge in [0.05, 0.1) is 12.7 Å². The minimum absolute atomic E-state index is 0.361. The van der Waals surface area contributed by atoms with Crippen molar-refractivity contribution in [1.82, 2.24) is 0 Å². The van der Waals surface area contributed by atoms with Crippen molar-refractivity contribution in [1.29, 1.82) is 0 Å². The fourth-order valence-electron chi connectivity index (χ4n) is 2.29. The molecule has 0 saturated heterocycles. The molecule has 0 spiro atoms. The summed E-state index contributed by atoms with van der Waals surface area (Å²) in [5.74, 6) is 1.19. The zero-order chi connectivity index (χ0) is 12.6. The molecule has 1 N–H and O–H groups in total. The van der Waals surface area contributed by atoms with E-state index in [4.69, 9.17) is 16.3 Å². The van der Waals surface area contributed by atoms with Gasteiger partial charge >= 0.3 is 0 Å². The van der Waals surface area contributed by atoms with Crippen molar-refractivity contribution in [2.45, 2.75) is 44.6 Å². The first-order valence-electron chi connectivity index (χ1n) is 6.04. The second-order valence-electron chi connectivity index (χ2n) is 5.24. The summed E-state index contributed by atoms with van der Waals surface area (Å²) in [4.78, 5) is 0. The van der Waals surface area contributed by atoms with Crippen molar-refractivity contribution in [3.8, 4) is 5.75 Å². The minimum Gasteiger partial charge on any atom is -0.496 e. The average molecular weight is 255 g/mol. The second kappa shape index (κ2) is 4.51. The molecule has 17 heavy (non-hydrogen) atoms. The molecule has 0 bridgehead atoms. The third-order valence-corrected chi connectivity index (χ3v) is 3.55. The lowest BCUT2D eigenvalue weighted by Gasteiger charge is -2.19. The number of halogens is 1. The summed E-state index contributed by atoms with van der Waals surface area (Å²) in [6.07, 6.45) is 2.45. The molecular weight excluding hydrogens is 236 g/mol. The van der Waals surface area contributed by atoms with Crippen LogP contribution in [0.4, 0.5) is 0 Å².